The van der Waals surface area contributed by atoms with E-state index in [1.807, 2.05) is 55.5 Å². The molecule has 0 radical (unpaired) electrons. The molecule has 0 aliphatic heterocycles. The van der Waals surface area contributed by atoms with Crippen molar-refractivity contribution in [2.45, 2.75) is 13.3 Å². The van der Waals surface area contributed by atoms with Gasteiger partial charge in [-0.2, -0.15) is 0 Å². The van der Waals surface area contributed by atoms with E-state index in [-0.39, 0.29) is 5.78 Å². The van der Waals surface area contributed by atoms with Gasteiger partial charge < -0.3 is 9.15 Å². The molecule has 3 rings (SSSR count). The summed E-state index contributed by atoms with van der Waals surface area (Å²) in [4.78, 5) is 12.3. The number of hydrogen-bond donors (Lipinski definition) is 0. The first-order chi connectivity index (χ1) is 10.2. The largest absolute Gasteiger partial charge is 0.497 e. The maximum absolute atomic E-state index is 12.3. The van der Waals surface area contributed by atoms with E-state index < -0.39 is 0 Å². The number of methoxy groups -OCH3 is 1. The number of furan rings is 1. The average molecular weight is 280 g/mol. The number of carbonyl (C=O) groups excluding carboxylic acids is 1. The first-order valence-corrected chi connectivity index (χ1v) is 6.82. The van der Waals surface area contributed by atoms with Crippen LogP contribution in [0.15, 0.2) is 52.9 Å². The van der Waals surface area contributed by atoms with Crippen molar-refractivity contribution in [2.75, 3.05) is 7.11 Å². The second-order valence-electron chi connectivity index (χ2n) is 5.10. The lowest BCUT2D eigenvalue weighted by atomic mass is 10.1. The Morgan fingerprint density at radius 1 is 1.14 bits per heavy atom. The van der Waals surface area contributed by atoms with Crippen LogP contribution in [0, 0.1) is 6.92 Å². The van der Waals surface area contributed by atoms with Crippen LogP contribution in [-0.4, -0.2) is 12.9 Å². The topological polar surface area (TPSA) is 39.4 Å². The Kier molecular flexibility index (Phi) is 3.48. The molecule has 106 valence electrons. The van der Waals surface area contributed by atoms with Gasteiger partial charge in [0.15, 0.2) is 5.76 Å². The van der Waals surface area contributed by atoms with Gasteiger partial charge in [-0.15, -0.1) is 0 Å². The van der Waals surface area contributed by atoms with Gasteiger partial charge >= 0.3 is 0 Å². The van der Waals surface area contributed by atoms with E-state index in [2.05, 4.69) is 0 Å². The molecule has 0 unspecified atom stereocenters. The highest BCUT2D eigenvalue weighted by Gasteiger charge is 2.13. The van der Waals surface area contributed by atoms with Crippen molar-refractivity contribution < 1.29 is 13.9 Å². The molecule has 1 heterocycles. The van der Waals surface area contributed by atoms with E-state index >= 15 is 0 Å². The van der Waals surface area contributed by atoms with E-state index in [4.69, 9.17) is 9.15 Å². The summed E-state index contributed by atoms with van der Waals surface area (Å²) in [6, 6.07) is 15.2. The predicted octanol–water partition coefficient (Wildman–Crippen LogP) is 4.18. The Bertz CT molecular complexity index is 799. The van der Waals surface area contributed by atoms with Gasteiger partial charge in [0.05, 0.1) is 7.11 Å². The molecule has 0 fully saturated rings. The van der Waals surface area contributed by atoms with Crippen LogP contribution in [0.4, 0.5) is 0 Å². The Morgan fingerprint density at radius 2 is 2.00 bits per heavy atom. The molecule has 21 heavy (non-hydrogen) atoms. The number of aryl methyl sites for hydroxylation is 1. The van der Waals surface area contributed by atoms with Crippen molar-refractivity contribution in [1.82, 2.24) is 0 Å². The highest BCUT2D eigenvalue weighted by molar-refractivity contribution is 5.98. The lowest BCUT2D eigenvalue weighted by molar-refractivity contribution is 0.0968. The summed E-state index contributed by atoms with van der Waals surface area (Å²) in [7, 11) is 1.61. The lowest BCUT2D eigenvalue weighted by Gasteiger charge is -2.02. The van der Waals surface area contributed by atoms with Crippen LogP contribution in [-0.2, 0) is 6.42 Å². The molecule has 0 aliphatic rings. The molecule has 0 aliphatic carbocycles. The molecule has 0 saturated heterocycles. The van der Waals surface area contributed by atoms with Crippen molar-refractivity contribution >= 4 is 16.8 Å². The third-order valence-corrected chi connectivity index (χ3v) is 3.45. The number of ketones is 1. The van der Waals surface area contributed by atoms with E-state index in [0.717, 1.165) is 27.8 Å². The van der Waals surface area contributed by atoms with Gasteiger partial charge in [0.25, 0.3) is 0 Å². The Hall–Kier alpha value is -2.55. The fraction of sp³-hybridized carbons (Fsp3) is 0.167. The van der Waals surface area contributed by atoms with Crippen LogP contribution in [0.25, 0.3) is 11.0 Å². The van der Waals surface area contributed by atoms with Crippen LogP contribution in [0.1, 0.15) is 21.7 Å². The lowest BCUT2D eigenvalue weighted by Crippen LogP contribution is -2.02. The molecule has 0 spiro atoms. The maximum atomic E-state index is 12.3. The Labute approximate surface area is 123 Å². The van der Waals surface area contributed by atoms with E-state index in [1.165, 1.54) is 0 Å². The summed E-state index contributed by atoms with van der Waals surface area (Å²) in [5.74, 6) is 1.12. The van der Waals surface area contributed by atoms with Crippen molar-refractivity contribution in [3.05, 3.63) is 65.4 Å². The number of ether oxygens (including phenoxy) is 1. The molecule has 1 aromatic heterocycles. The van der Waals surface area contributed by atoms with Gasteiger partial charge in [-0.05, 0) is 42.8 Å². The van der Waals surface area contributed by atoms with Crippen molar-refractivity contribution in [3.63, 3.8) is 0 Å². The van der Waals surface area contributed by atoms with Gasteiger partial charge in [0, 0.05) is 11.8 Å². The summed E-state index contributed by atoms with van der Waals surface area (Å²) in [6.45, 7) is 2.02. The van der Waals surface area contributed by atoms with Gasteiger partial charge in [0.2, 0.25) is 5.78 Å². The number of hydrogen-bond acceptors (Lipinski definition) is 3. The number of fused-ring (bicyclic) bond motifs is 1. The second-order valence-corrected chi connectivity index (χ2v) is 5.10. The van der Waals surface area contributed by atoms with E-state index in [0.29, 0.717) is 12.2 Å². The highest BCUT2D eigenvalue weighted by Crippen LogP contribution is 2.22. The molecular weight excluding hydrogens is 264 g/mol. The fourth-order valence-electron chi connectivity index (χ4n) is 2.36. The quantitative estimate of drug-likeness (QED) is 0.673. The van der Waals surface area contributed by atoms with Gasteiger partial charge in [0.1, 0.15) is 11.3 Å². The molecule has 3 heteroatoms. The van der Waals surface area contributed by atoms with E-state index in [9.17, 15) is 4.79 Å². The molecule has 0 saturated carbocycles. The summed E-state index contributed by atoms with van der Waals surface area (Å²) >= 11 is 0. The zero-order valence-corrected chi connectivity index (χ0v) is 12.1. The molecule has 0 atom stereocenters. The maximum Gasteiger partial charge on any atom is 0.202 e. The molecule has 3 nitrogen and oxygen atoms in total. The molecular formula is C18H16O3. The normalized spacial score (nSPS) is 10.8. The second kappa shape index (κ2) is 5.44. The van der Waals surface area contributed by atoms with Crippen LogP contribution >= 0.6 is 0 Å². The summed E-state index contributed by atoms with van der Waals surface area (Å²) in [5, 5.41) is 0.962. The van der Waals surface area contributed by atoms with Crippen molar-refractivity contribution in [2.24, 2.45) is 0 Å². The third kappa shape index (κ3) is 2.82. The molecule has 0 bridgehead atoms. The molecule has 0 amide bonds. The van der Waals surface area contributed by atoms with Gasteiger partial charge in [-0.3, -0.25) is 4.79 Å². The Morgan fingerprint density at radius 3 is 2.81 bits per heavy atom. The third-order valence-electron chi connectivity index (χ3n) is 3.45. The van der Waals surface area contributed by atoms with Crippen LogP contribution < -0.4 is 4.74 Å². The fourth-order valence-corrected chi connectivity index (χ4v) is 2.36. The van der Waals surface area contributed by atoms with E-state index in [1.54, 1.807) is 7.11 Å². The first kappa shape index (κ1) is 13.4. The number of carbonyl (C=O) groups is 1. The molecule has 0 N–H and O–H groups in total. The van der Waals surface area contributed by atoms with Crippen LogP contribution in [0.2, 0.25) is 0 Å². The SMILES string of the molecule is COc1cccc(CC(=O)c2cc3cc(C)ccc3o2)c1. The zero-order chi connectivity index (χ0) is 14.8. The first-order valence-electron chi connectivity index (χ1n) is 6.82. The van der Waals surface area contributed by atoms with Gasteiger partial charge in [-0.25, -0.2) is 0 Å². The van der Waals surface area contributed by atoms with Crippen molar-refractivity contribution in [3.8, 4) is 5.75 Å². The number of Topliss-reactive ketones (excluding diaryl/α,β-unsaturated/α-hetero) is 1. The minimum Gasteiger partial charge on any atom is -0.497 e. The highest BCUT2D eigenvalue weighted by atomic mass is 16.5. The minimum absolute atomic E-state index is 0.0305. The molecule has 3 aromatic rings. The number of rotatable bonds is 4. The average Bonchev–Trinajstić information content (AvgIpc) is 2.90. The zero-order valence-electron chi connectivity index (χ0n) is 12.1. The summed E-state index contributed by atoms with van der Waals surface area (Å²) in [6.07, 6.45) is 0.302. The molecule has 2 aromatic carbocycles. The standard InChI is InChI=1S/C18H16O3/c1-12-6-7-17-14(8-12)11-18(21-17)16(19)10-13-4-3-5-15(9-13)20-2/h3-9,11H,10H2,1-2H3. The predicted molar refractivity (Wildman–Crippen MR) is 82.0 cm³/mol. The van der Waals surface area contributed by atoms with Gasteiger partial charge in [-0.1, -0.05) is 23.8 Å². The smallest absolute Gasteiger partial charge is 0.202 e. The summed E-state index contributed by atoms with van der Waals surface area (Å²) in [5.41, 5.74) is 2.81. The van der Waals surface area contributed by atoms with Crippen LogP contribution in [0.3, 0.4) is 0 Å². The number of benzene rings is 2. The summed E-state index contributed by atoms with van der Waals surface area (Å²) < 4.78 is 10.8. The van der Waals surface area contributed by atoms with Crippen molar-refractivity contribution in [1.29, 1.82) is 0 Å². The Balaban J connectivity index is 1.86. The monoisotopic (exact) mass is 280 g/mol. The van der Waals surface area contributed by atoms with Crippen LogP contribution in [0.5, 0.6) is 5.75 Å². The minimum atomic E-state index is -0.0305.